The van der Waals surface area contributed by atoms with Gasteiger partial charge in [-0.1, -0.05) is 0 Å². The Morgan fingerprint density at radius 2 is 2.00 bits per heavy atom. The van der Waals surface area contributed by atoms with E-state index in [0.29, 0.717) is 0 Å². The highest BCUT2D eigenvalue weighted by Crippen LogP contribution is 2.22. The zero-order chi connectivity index (χ0) is 13.4. The van der Waals surface area contributed by atoms with Crippen molar-refractivity contribution >= 4 is 38.5 Å². The van der Waals surface area contributed by atoms with E-state index in [2.05, 4.69) is 36.2 Å². The van der Waals surface area contributed by atoms with E-state index < -0.39 is 0 Å². The summed E-state index contributed by atoms with van der Waals surface area (Å²) in [5.74, 6) is 0.792. The third-order valence-electron chi connectivity index (χ3n) is 2.82. The number of nitrogens with zero attached hydrogens (tertiary/aromatic N) is 1. The Bertz CT molecular complexity index is 806. The van der Waals surface area contributed by atoms with Crippen LogP contribution in [0.2, 0.25) is 0 Å². The molecule has 5 nitrogen and oxygen atoms in total. The number of aryl methyl sites for hydroxylation is 1. The number of fused-ring (bicyclic) bond motifs is 1. The summed E-state index contributed by atoms with van der Waals surface area (Å²) in [6.45, 7) is 1.98. The van der Waals surface area contributed by atoms with Gasteiger partial charge in [-0.15, -0.1) is 0 Å². The van der Waals surface area contributed by atoms with E-state index in [-0.39, 0.29) is 5.69 Å². The highest BCUT2D eigenvalue weighted by Gasteiger charge is 2.03. The lowest BCUT2D eigenvalue weighted by molar-refractivity contribution is 1.21. The fourth-order valence-electron chi connectivity index (χ4n) is 1.92. The zero-order valence-corrected chi connectivity index (χ0v) is 11.7. The predicted octanol–water partition coefficient (Wildman–Crippen LogP) is 3.07. The Labute approximate surface area is 117 Å². The number of hydrogen-bond acceptors (Lipinski definition) is 3. The van der Waals surface area contributed by atoms with Gasteiger partial charge >= 0.3 is 5.69 Å². The molecule has 3 N–H and O–H groups in total. The zero-order valence-electron chi connectivity index (χ0n) is 10.1. The molecule has 0 saturated carbocycles. The Morgan fingerprint density at radius 1 is 1.21 bits per heavy atom. The summed E-state index contributed by atoms with van der Waals surface area (Å²) in [6.07, 6.45) is 1.74. The van der Waals surface area contributed by atoms with Crippen LogP contribution in [0.5, 0.6) is 0 Å². The molecule has 2 aromatic heterocycles. The summed E-state index contributed by atoms with van der Waals surface area (Å²) in [6, 6.07) is 7.61. The molecule has 0 unspecified atom stereocenters. The average molecular weight is 319 g/mol. The van der Waals surface area contributed by atoms with Crippen LogP contribution in [0, 0.1) is 6.92 Å². The third-order valence-corrected chi connectivity index (χ3v) is 3.26. The minimum absolute atomic E-state index is 0.204. The Balaban J connectivity index is 1.98. The maximum absolute atomic E-state index is 11.2. The van der Waals surface area contributed by atoms with Crippen LogP contribution >= 0.6 is 15.9 Å². The highest BCUT2D eigenvalue weighted by molar-refractivity contribution is 9.10. The van der Waals surface area contributed by atoms with Gasteiger partial charge in [-0.2, -0.15) is 0 Å². The number of halogens is 1. The van der Waals surface area contributed by atoms with Crippen molar-refractivity contribution in [3.8, 4) is 0 Å². The van der Waals surface area contributed by atoms with Crippen molar-refractivity contribution in [3.05, 3.63) is 51.0 Å². The molecule has 0 bridgehead atoms. The first kappa shape index (κ1) is 12.0. The topological polar surface area (TPSA) is 73.6 Å². The lowest BCUT2D eigenvalue weighted by Gasteiger charge is -2.08. The van der Waals surface area contributed by atoms with Crippen molar-refractivity contribution in [2.75, 3.05) is 5.32 Å². The summed E-state index contributed by atoms with van der Waals surface area (Å²) in [5, 5.41) is 3.23. The molecule has 6 heteroatoms. The number of benzene rings is 1. The van der Waals surface area contributed by atoms with E-state index in [9.17, 15) is 4.79 Å². The minimum Gasteiger partial charge on any atom is -0.340 e. The molecule has 0 aliphatic carbocycles. The number of pyridine rings is 1. The summed E-state index contributed by atoms with van der Waals surface area (Å²) in [5.41, 5.74) is 3.27. The molecule has 0 amide bonds. The van der Waals surface area contributed by atoms with Crippen LogP contribution in [0.25, 0.3) is 11.0 Å². The van der Waals surface area contributed by atoms with Gasteiger partial charge in [0.25, 0.3) is 0 Å². The van der Waals surface area contributed by atoms with Crippen LogP contribution in [0.4, 0.5) is 11.5 Å². The molecule has 96 valence electrons. The normalized spacial score (nSPS) is 10.8. The first-order valence-electron chi connectivity index (χ1n) is 5.73. The van der Waals surface area contributed by atoms with Crippen molar-refractivity contribution in [2.45, 2.75) is 6.92 Å². The molecular formula is C13H11BrN4O. The quantitative estimate of drug-likeness (QED) is 0.680. The van der Waals surface area contributed by atoms with E-state index in [0.717, 1.165) is 32.6 Å². The Morgan fingerprint density at radius 3 is 2.79 bits per heavy atom. The largest absolute Gasteiger partial charge is 0.340 e. The van der Waals surface area contributed by atoms with Crippen molar-refractivity contribution in [2.24, 2.45) is 0 Å². The summed E-state index contributed by atoms with van der Waals surface area (Å²) >= 11 is 3.38. The molecule has 3 aromatic rings. The third kappa shape index (κ3) is 2.39. The molecule has 0 aliphatic rings. The molecule has 19 heavy (non-hydrogen) atoms. The standard InChI is InChI=1S/C13H11BrN4O/c1-7-4-8(14)6-15-12(7)16-9-2-3-10-11(5-9)18-13(19)17-10/h2-6H,1H3,(H,15,16)(H2,17,18,19). The molecule has 1 aromatic carbocycles. The number of hydrogen-bond donors (Lipinski definition) is 3. The maximum atomic E-state index is 11.2. The molecule has 2 heterocycles. The van der Waals surface area contributed by atoms with Gasteiger partial charge in [0, 0.05) is 16.4 Å². The van der Waals surface area contributed by atoms with Crippen molar-refractivity contribution < 1.29 is 0 Å². The molecule has 0 aliphatic heterocycles. The van der Waals surface area contributed by atoms with Crippen LogP contribution in [0.1, 0.15) is 5.56 Å². The van der Waals surface area contributed by atoms with Gasteiger partial charge in [0.2, 0.25) is 0 Å². The van der Waals surface area contributed by atoms with Gasteiger partial charge in [0.1, 0.15) is 5.82 Å². The second-order valence-electron chi connectivity index (χ2n) is 4.28. The van der Waals surface area contributed by atoms with Crippen LogP contribution in [0.15, 0.2) is 39.7 Å². The number of anilines is 2. The lowest BCUT2D eigenvalue weighted by atomic mass is 10.2. The van der Waals surface area contributed by atoms with Gasteiger partial charge < -0.3 is 15.3 Å². The summed E-state index contributed by atoms with van der Waals surface area (Å²) in [4.78, 5) is 21.0. The number of nitrogens with one attached hydrogen (secondary N) is 3. The van der Waals surface area contributed by atoms with Crippen LogP contribution in [0.3, 0.4) is 0 Å². The first-order chi connectivity index (χ1) is 9.11. The van der Waals surface area contributed by atoms with E-state index in [1.165, 1.54) is 0 Å². The average Bonchev–Trinajstić information content (AvgIpc) is 2.72. The Hall–Kier alpha value is -2.08. The molecular weight excluding hydrogens is 308 g/mol. The SMILES string of the molecule is Cc1cc(Br)cnc1Nc1ccc2[nH]c(=O)[nH]c2c1. The summed E-state index contributed by atoms with van der Waals surface area (Å²) < 4.78 is 0.945. The molecule has 3 rings (SSSR count). The fraction of sp³-hybridized carbons (Fsp3) is 0.0769. The van der Waals surface area contributed by atoms with E-state index in [1.807, 2.05) is 31.2 Å². The van der Waals surface area contributed by atoms with E-state index >= 15 is 0 Å². The summed E-state index contributed by atoms with van der Waals surface area (Å²) in [7, 11) is 0. The molecule has 0 fully saturated rings. The van der Waals surface area contributed by atoms with Crippen molar-refractivity contribution in [1.82, 2.24) is 15.0 Å². The van der Waals surface area contributed by atoms with Crippen LogP contribution in [-0.4, -0.2) is 15.0 Å². The number of aromatic nitrogens is 3. The van der Waals surface area contributed by atoms with Gasteiger partial charge in [-0.3, -0.25) is 0 Å². The second-order valence-corrected chi connectivity index (χ2v) is 5.20. The minimum atomic E-state index is -0.204. The molecule has 0 atom stereocenters. The highest BCUT2D eigenvalue weighted by atomic mass is 79.9. The van der Waals surface area contributed by atoms with Crippen molar-refractivity contribution in [3.63, 3.8) is 0 Å². The number of aromatic amines is 2. The first-order valence-corrected chi connectivity index (χ1v) is 6.52. The fourth-order valence-corrected chi connectivity index (χ4v) is 2.36. The molecule has 0 saturated heterocycles. The van der Waals surface area contributed by atoms with E-state index in [1.54, 1.807) is 6.20 Å². The Kier molecular flexibility index (Phi) is 2.87. The second kappa shape index (κ2) is 4.55. The smallest absolute Gasteiger partial charge is 0.323 e. The van der Waals surface area contributed by atoms with Gasteiger partial charge in [-0.25, -0.2) is 9.78 Å². The molecule has 0 spiro atoms. The van der Waals surface area contributed by atoms with E-state index in [4.69, 9.17) is 0 Å². The lowest BCUT2D eigenvalue weighted by Crippen LogP contribution is -1.99. The molecule has 0 radical (unpaired) electrons. The number of imidazole rings is 1. The van der Waals surface area contributed by atoms with Gasteiger partial charge in [0.05, 0.1) is 11.0 Å². The number of rotatable bonds is 2. The van der Waals surface area contributed by atoms with Crippen LogP contribution in [-0.2, 0) is 0 Å². The number of H-pyrrole nitrogens is 2. The van der Waals surface area contributed by atoms with Gasteiger partial charge in [-0.05, 0) is 52.7 Å². The van der Waals surface area contributed by atoms with Gasteiger partial charge in [0.15, 0.2) is 0 Å². The predicted molar refractivity (Wildman–Crippen MR) is 78.9 cm³/mol. The maximum Gasteiger partial charge on any atom is 0.323 e. The monoisotopic (exact) mass is 318 g/mol. The van der Waals surface area contributed by atoms with Crippen LogP contribution < -0.4 is 11.0 Å². The van der Waals surface area contributed by atoms with Crippen molar-refractivity contribution in [1.29, 1.82) is 0 Å².